The second-order valence-corrected chi connectivity index (χ2v) is 5.05. The molecule has 1 aliphatic heterocycles. The van der Waals surface area contributed by atoms with Gasteiger partial charge in [-0.25, -0.2) is 0 Å². The Bertz CT molecular complexity index is 369. The molecule has 4 heteroatoms. The molecule has 16 heavy (non-hydrogen) atoms. The number of nitrogens with zero attached hydrogens (tertiary/aromatic N) is 1. The zero-order valence-corrected chi connectivity index (χ0v) is 10.1. The Labute approximate surface area is 100.0 Å². The molecular formula is C12H16N2OS. The Morgan fingerprint density at radius 3 is 2.75 bits per heavy atom. The van der Waals surface area contributed by atoms with Crippen molar-refractivity contribution in [3.05, 3.63) is 35.9 Å². The van der Waals surface area contributed by atoms with E-state index in [1.165, 1.54) is 0 Å². The number of nitrogens with one attached hydrogen (secondary N) is 1. The fourth-order valence-corrected chi connectivity index (χ4v) is 2.80. The number of aliphatic hydroxyl groups excluding tert-OH is 1. The van der Waals surface area contributed by atoms with Crippen molar-refractivity contribution in [3.63, 3.8) is 0 Å². The number of rotatable bonds is 3. The highest BCUT2D eigenvalue weighted by atomic mass is 32.2. The third-order valence-corrected chi connectivity index (χ3v) is 3.97. The maximum Gasteiger partial charge on any atom is 0.156 e. The average Bonchev–Trinajstić information content (AvgIpc) is 2.62. The fourth-order valence-electron chi connectivity index (χ4n) is 1.80. The molecule has 0 aliphatic carbocycles. The number of β-amino-alcohol motifs (C(OH)–C–C–N with tert-alkyl or cyclic N) is 1. The van der Waals surface area contributed by atoms with E-state index >= 15 is 0 Å². The van der Waals surface area contributed by atoms with Gasteiger partial charge in [0.25, 0.3) is 0 Å². The van der Waals surface area contributed by atoms with Crippen molar-refractivity contribution in [2.45, 2.75) is 19.1 Å². The van der Waals surface area contributed by atoms with Crippen LogP contribution in [0, 0.1) is 5.41 Å². The van der Waals surface area contributed by atoms with Crippen LogP contribution in [0.4, 0.5) is 0 Å². The highest BCUT2D eigenvalue weighted by Crippen LogP contribution is 2.25. The van der Waals surface area contributed by atoms with E-state index in [9.17, 15) is 5.11 Å². The molecule has 1 saturated heterocycles. The maximum absolute atomic E-state index is 10.1. The third kappa shape index (κ3) is 2.39. The molecule has 2 rings (SSSR count). The lowest BCUT2D eigenvalue weighted by atomic mass is 10.1. The largest absolute Gasteiger partial charge is 0.387 e. The lowest BCUT2D eigenvalue weighted by Gasteiger charge is -2.25. The van der Waals surface area contributed by atoms with E-state index in [2.05, 4.69) is 6.92 Å². The normalized spacial score (nSPS) is 22.5. The summed E-state index contributed by atoms with van der Waals surface area (Å²) in [6, 6.07) is 9.96. The van der Waals surface area contributed by atoms with Crippen LogP contribution in [-0.4, -0.2) is 33.5 Å². The van der Waals surface area contributed by atoms with Crippen LogP contribution >= 0.6 is 11.8 Å². The summed E-state index contributed by atoms with van der Waals surface area (Å²) in [7, 11) is 0. The van der Waals surface area contributed by atoms with Gasteiger partial charge < -0.3 is 10.0 Å². The van der Waals surface area contributed by atoms with E-state index in [1.807, 2.05) is 35.2 Å². The Morgan fingerprint density at radius 2 is 2.19 bits per heavy atom. The summed E-state index contributed by atoms with van der Waals surface area (Å²) in [4.78, 5) is 1.96. The van der Waals surface area contributed by atoms with Gasteiger partial charge in [-0.05, 0) is 12.5 Å². The molecule has 0 aromatic heterocycles. The summed E-state index contributed by atoms with van der Waals surface area (Å²) in [6.45, 7) is 2.60. The molecule has 86 valence electrons. The first-order chi connectivity index (χ1) is 7.68. The van der Waals surface area contributed by atoms with Crippen molar-refractivity contribution >= 4 is 16.9 Å². The van der Waals surface area contributed by atoms with E-state index in [4.69, 9.17) is 5.41 Å². The zero-order valence-electron chi connectivity index (χ0n) is 9.26. The minimum absolute atomic E-state index is 0.343. The standard InChI is InChI=1S/C12H16N2OS/c1-9-8-16-12(13)14(9)7-11(15)10-5-3-2-4-6-10/h2-6,9,11,13,15H,7-8H2,1H3. The van der Waals surface area contributed by atoms with Crippen molar-refractivity contribution in [2.75, 3.05) is 12.3 Å². The monoisotopic (exact) mass is 236 g/mol. The van der Waals surface area contributed by atoms with Crippen molar-refractivity contribution in [1.29, 1.82) is 5.41 Å². The molecule has 3 nitrogen and oxygen atoms in total. The van der Waals surface area contributed by atoms with Gasteiger partial charge in [-0.2, -0.15) is 0 Å². The van der Waals surface area contributed by atoms with Crippen LogP contribution in [0.15, 0.2) is 30.3 Å². The van der Waals surface area contributed by atoms with E-state index in [0.29, 0.717) is 17.8 Å². The third-order valence-electron chi connectivity index (χ3n) is 2.81. The number of hydrogen-bond donors (Lipinski definition) is 2. The summed E-state index contributed by atoms with van der Waals surface area (Å²) >= 11 is 1.55. The Kier molecular flexibility index (Phi) is 3.51. The molecule has 1 aromatic carbocycles. The van der Waals surface area contributed by atoms with Crippen LogP contribution in [-0.2, 0) is 0 Å². The van der Waals surface area contributed by atoms with Gasteiger partial charge in [0.15, 0.2) is 5.17 Å². The quantitative estimate of drug-likeness (QED) is 0.845. The van der Waals surface area contributed by atoms with Crippen LogP contribution in [0.3, 0.4) is 0 Å². The van der Waals surface area contributed by atoms with Gasteiger partial charge in [-0.15, -0.1) is 0 Å². The molecule has 1 aliphatic rings. The molecule has 0 spiro atoms. The van der Waals surface area contributed by atoms with Crippen LogP contribution in [0.5, 0.6) is 0 Å². The summed E-state index contributed by atoms with van der Waals surface area (Å²) in [5.41, 5.74) is 0.916. The second kappa shape index (κ2) is 4.89. The van der Waals surface area contributed by atoms with Gasteiger partial charge in [-0.3, -0.25) is 5.41 Å². The average molecular weight is 236 g/mol. The highest BCUT2D eigenvalue weighted by Gasteiger charge is 2.27. The molecule has 0 bridgehead atoms. The van der Waals surface area contributed by atoms with Crippen LogP contribution in [0.2, 0.25) is 0 Å². The summed E-state index contributed by atoms with van der Waals surface area (Å²) in [5.74, 6) is 0.945. The summed E-state index contributed by atoms with van der Waals surface area (Å²) < 4.78 is 0. The molecule has 0 saturated carbocycles. The Morgan fingerprint density at radius 1 is 1.50 bits per heavy atom. The number of aliphatic hydroxyl groups is 1. The number of benzene rings is 1. The second-order valence-electron chi connectivity index (χ2n) is 4.04. The van der Waals surface area contributed by atoms with Gasteiger partial charge in [0.2, 0.25) is 0 Å². The van der Waals surface area contributed by atoms with Gasteiger partial charge in [-0.1, -0.05) is 42.1 Å². The van der Waals surface area contributed by atoms with E-state index in [1.54, 1.807) is 11.8 Å². The molecule has 1 aromatic rings. The zero-order chi connectivity index (χ0) is 11.5. The van der Waals surface area contributed by atoms with Gasteiger partial charge >= 0.3 is 0 Å². The molecule has 0 radical (unpaired) electrons. The minimum Gasteiger partial charge on any atom is -0.387 e. The first-order valence-corrected chi connectivity index (χ1v) is 6.38. The Hall–Kier alpha value is -1.00. The van der Waals surface area contributed by atoms with Crippen molar-refractivity contribution < 1.29 is 5.11 Å². The molecule has 2 N–H and O–H groups in total. The highest BCUT2D eigenvalue weighted by molar-refractivity contribution is 8.14. The summed E-state index contributed by atoms with van der Waals surface area (Å²) in [5, 5.41) is 18.4. The lowest BCUT2D eigenvalue weighted by molar-refractivity contribution is 0.137. The van der Waals surface area contributed by atoms with Gasteiger partial charge in [0.1, 0.15) is 0 Å². The molecule has 1 heterocycles. The van der Waals surface area contributed by atoms with Crippen molar-refractivity contribution in [3.8, 4) is 0 Å². The van der Waals surface area contributed by atoms with E-state index in [0.717, 1.165) is 11.3 Å². The van der Waals surface area contributed by atoms with Gasteiger partial charge in [0.05, 0.1) is 12.6 Å². The van der Waals surface area contributed by atoms with Gasteiger partial charge in [0, 0.05) is 11.8 Å². The molecular weight excluding hydrogens is 220 g/mol. The van der Waals surface area contributed by atoms with E-state index < -0.39 is 6.10 Å². The van der Waals surface area contributed by atoms with Crippen molar-refractivity contribution in [1.82, 2.24) is 4.90 Å². The van der Waals surface area contributed by atoms with Crippen LogP contribution in [0.25, 0.3) is 0 Å². The van der Waals surface area contributed by atoms with Crippen molar-refractivity contribution in [2.24, 2.45) is 0 Å². The predicted octanol–water partition coefficient (Wildman–Crippen LogP) is 2.09. The van der Waals surface area contributed by atoms with Crippen LogP contribution in [0.1, 0.15) is 18.6 Å². The molecule has 2 atom stereocenters. The lowest BCUT2D eigenvalue weighted by Crippen LogP contribution is -2.35. The fraction of sp³-hybridized carbons (Fsp3) is 0.417. The smallest absolute Gasteiger partial charge is 0.156 e. The van der Waals surface area contributed by atoms with E-state index in [-0.39, 0.29) is 0 Å². The first kappa shape index (κ1) is 11.5. The number of thioether (sulfide) groups is 1. The number of amidine groups is 1. The topological polar surface area (TPSA) is 47.3 Å². The van der Waals surface area contributed by atoms with Crippen LogP contribution < -0.4 is 0 Å². The first-order valence-electron chi connectivity index (χ1n) is 5.39. The maximum atomic E-state index is 10.1. The molecule has 0 amide bonds. The summed E-state index contributed by atoms with van der Waals surface area (Å²) in [6.07, 6.45) is -0.511. The SMILES string of the molecule is CC1CSC(=N)N1CC(O)c1ccccc1. The molecule has 1 fully saturated rings. The number of hydrogen-bond acceptors (Lipinski definition) is 3. The minimum atomic E-state index is -0.511. The molecule has 2 unspecified atom stereocenters. The Balaban J connectivity index is 2.02. The predicted molar refractivity (Wildman–Crippen MR) is 67.8 cm³/mol.